The van der Waals surface area contributed by atoms with E-state index in [4.69, 9.17) is 4.99 Å². The molecule has 0 bridgehead atoms. The minimum Gasteiger partial charge on any atom is -0.315 e. The quantitative estimate of drug-likeness (QED) is 0.646. The summed E-state index contributed by atoms with van der Waals surface area (Å²) < 4.78 is 39.2. The van der Waals surface area contributed by atoms with Crippen LogP contribution in [0, 0.1) is 19.7 Å². The number of nitrogens with zero attached hydrogens (tertiary/aromatic N) is 2. The van der Waals surface area contributed by atoms with E-state index in [1.54, 1.807) is 6.07 Å². The smallest absolute Gasteiger partial charge is 0.164 e. The Kier molecular flexibility index (Phi) is 5.31. The van der Waals surface area contributed by atoms with Gasteiger partial charge in [-0.05, 0) is 43.2 Å². The molecule has 4 nitrogen and oxygen atoms in total. The molecule has 0 unspecified atom stereocenters. The van der Waals surface area contributed by atoms with Crippen molar-refractivity contribution in [2.45, 2.75) is 31.7 Å². The molecule has 1 fully saturated rings. The molecule has 2 heterocycles. The molecular formula is C20H20BrFN2O2S2. The van der Waals surface area contributed by atoms with Gasteiger partial charge in [-0.15, -0.1) is 0 Å². The predicted octanol–water partition coefficient (Wildman–Crippen LogP) is 4.48. The van der Waals surface area contributed by atoms with Gasteiger partial charge in [0.25, 0.3) is 0 Å². The van der Waals surface area contributed by atoms with Crippen molar-refractivity contribution in [3.05, 3.63) is 63.4 Å². The highest BCUT2D eigenvalue weighted by Gasteiger charge is 2.47. The molecule has 0 spiro atoms. The minimum absolute atomic E-state index is 0.0791. The van der Waals surface area contributed by atoms with Crippen LogP contribution >= 0.6 is 27.7 Å². The number of anilines is 1. The van der Waals surface area contributed by atoms with Crippen molar-refractivity contribution in [1.29, 1.82) is 0 Å². The Hall–Kier alpha value is -1.38. The number of fused-ring (bicyclic) bond motifs is 1. The molecule has 2 aliphatic heterocycles. The normalized spacial score (nSPS) is 23.0. The molecule has 2 aromatic carbocycles. The monoisotopic (exact) mass is 482 g/mol. The maximum absolute atomic E-state index is 14.2. The lowest BCUT2D eigenvalue weighted by Gasteiger charge is -2.28. The molecule has 0 aromatic heterocycles. The third kappa shape index (κ3) is 3.86. The largest absolute Gasteiger partial charge is 0.315 e. The van der Waals surface area contributed by atoms with Crippen molar-refractivity contribution in [3.8, 4) is 0 Å². The van der Waals surface area contributed by atoms with E-state index in [0.29, 0.717) is 15.8 Å². The molecule has 0 aliphatic carbocycles. The average molecular weight is 483 g/mol. The van der Waals surface area contributed by atoms with Gasteiger partial charge in [0.05, 0.1) is 23.6 Å². The number of amidine groups is 1. The van der Waals surface area contributed by atoms with Gasteiger partial charge in [-0.25, -0.2) is 12.8 Å². The van der Waals surface area contributed by atoms with Crippen molar-refractivity contribution in [3.63, 3.8) is 0 Å². The van der Waals surface area contributed by atoms with E-state index >= 15 is 0 Å². The fourth-order valence-electron chi connectivity index (χ4n) is 3.77. The van der Waals surface area contributed by atoms with Crippen LogP contribution in [0.25, 0.3) is 0 Å². The SMILES string of the molecule is Cc1ccc(N2C(SCc3ccc(Br)cc3F)=N[C@@H]3CS(=O)(=O)C[C@H]32)c(C)c1. The maximum atomic E-state index is 14.2. The molecule has 148 valence electrons. The molecule has 0 amide bonds. The summed E-state index contributed by atoms with van der Waals surface area (Å²) in [5.74, 6) is 0.355. The van der Waals surface area contributed by atoms with Crippen LogP contribution in [0.4, 0.5) is 10.1 Å². The Morgan fingerprint density at radius 3 is 2.71 bits per heavy atom. The lowest BCUT2D eigenvalue weighted by Crippen LogP contribution is -2.39. The molecule has 2 atom stereocenters. The Bertz CT molecular complexity index is 1070. The van der Waals surface area contributed by atoms with Crippen LogP contribution in [0.15, 0.2) is 45.9 Å². The number of aryl methyl sites for hydroxylation is 2. The van der Waals surface area contributed by atoms with Crippen LogP contribution < -0.4 is 4.90 Å². The van der Waals surface area contributed by atoms with Crippen LogP contribution in [-0.2, 0) is 15.6 Å². The molecule has 0 N–H and O–H groups in total. The van der Waals surface area contributed by atoms with Gasteiger partial charge in [0.2, 0.25) is 0 Å². The number of benzene rings is 2. The third-order valence-corrected chi connectivity index (χ3v) is 8.30. The standard InChI is InChI=1S/C20H20BrFN2O2S2/c1-12-3-6-18(13(2)7-12)24-19-11-28(25,26)10-17(19)23-20(24)27-9-14-4-5-15(21)8-16(14)22/h3-8,17,19H,9-11H2,1-2H3/t17-,19-/m1/s1. The topological polar surface area (TPSA) is 49.7 Å². The summed E-state index contributed by atoms with van der Waals surface area (Å²) in [7, 11) is -3.09. The van der Waals surface area contributed by atoms with Crippen LogP contribution in [0.2, 0.25) is 0 Å². The molecule has 8 heteroatoms. The van der Waals surface area contributed by atoms with E-state index in [9.17, 15) is 12.8 Å². The lowest BCUT2D eigenvalue weighted by atomic mass is 10.1. The summed E-state index contributed by atoms with van der Waals surface area (Å²) in [6.45, 7) is 4.06. The molecule has 1 saturated heterocycles. The summed E-state index contributed by atoms with van der Waals surface area (Å²) in [5.41, 5.74) is 3.80. The van der Waals surface area contributed by atoms with Gasteiger partial charge in [-0.1, -0.05) is 51.5 Å². The zero-order valence-corrected chi connectivity index (χ0v) is 18.7. The second-order valence-electron chi connectivity index (χ2n) is 7.31. The molecule has 0 radical (unpaired) electrons. The summed E-state index contributed by atoms with van der Waals surface area (Å²) in [5, 5.41) is 0.763. The van der Waals surface area contributed by atoms with Crippen molar-refractivity contribution in [2.24, 2.45) is 4.99 Å². The van der Waals surface area contributed by atoms with Crippen LogP contribution in [0.1, 0.15) is 16.7 Å². The molecule has 28 heavy (non-hydrogen) atoms. The van der Waals surface area contributed by atoms with Gasteiger partial charge in [0.1, 0.15) is 5.82 Å². The summed E-state index contributed by atoms with van der Waals surface area (Å²) in [6, 6.07) is 10.7. The average Bonchev–Trinajstić information content (AvgIpc) is 3.06. The number of thioether (sulfide) groups is 1. The minimum atomic E-state index is -3.09. The van der Waals surface area contributed by atoms with Crippen molar-refractivity contribution < 1.29 is 12.8 Å². The zero-order valence-electron chi connectivity index (χ0n) is 15.5. The fourth-order valence-corrected chi connectivity index (χ4v) is 7.05. The molecule has 0 saturated carbocycles. The van der Waals surface area contributed by atoms with Gasteiger partial charge in [0.15, 0.2) is 15.0 Å². The van der Waals surface area contributed by atoms with Gasteiger partial charge in [0, 0.05) is 15.9 Å². The highest BCUT2D eigenvalue weighted by Crippen LogP contribution is 2.37. The molecule has 2 aliphatic rings. The number of hydrogen-bond donors (Lipinski definition) is 0. The van der Waals surface area contributed by atoms with E-state index in [0.717, 1.165) is 22.0 Å². The maximum Gasteiger partial charge on any atom is 0.164 e. The Morgan fingerprint density at radius 2 is 2.00 bits per heavy atom. The van der Waals surface area contributed by atoms with E-state index in [1.807, 2.05) is 36.9 Å². The predicted molar refractivity (Wildman–Crippen MR) is 117 cm³/mol. The lowest BCUT2D eigenvalue weighted by molar-refractivity contribution is 0.601. The highest BCUT2D eigenvalue weighted by molar-refractivity contribution is 9.10. The first kappa shape index (κ1) is 19.9. The van der Waals surface area contributed by atoms with E-state index in [-0.39, 0.29) is 29.4 Å². The highest BCUT2D eigenvalue weighted by atomic mass is 79.9. The van der Waals surface area contributed by atoms with Crippen LogP contribution in [-0.4, -0.2) is 37.2 Å². The molecular weight excluding hydrogens is 463 g/mol. The van der Waals surface area contributed by atoms with E-state index in [1.165, 1.54) is 17.8 Å². The van der Waals surface area contributed by atoms with Crippen molar-refractivity contribution in [2.75, 3.05) is 16.4 Å². The van der Waals surface area contributed by atoms with Gasteiger partial charge in [-0.2, -0.15) is 0 Å². The van der Waals surface area contributed by atoms with Gasteiger partial charge in [-0.3, -0.25) is 4.99 Å². The Balaban J connectivity index is 1.65. The number of sulfone groups is 1. The number of rotatable bonds is 3. The number of halogens is 2. The van der Waals surface area contributed by atoms with Gasteiger partial charge >= 0.3 is 0 Å². The summed E-state index contributed by atoms with van der Waals surface area (Å²) in [4.78, 5) is 6.77. The van der Waals surface area contributed by atoms with Crippen LogP contribution in [0.3, 0.4) is 0 Å². The Morgan fingerprint density at radius 1 is 1.21 bits per heavy atom. The van der Waals surface area contributed by atoms with Gasteiger partial charge < -0.3 is 4.90 Å². The first-order chi connectivity index (χ1) is 13.2. The number of hydrogen-bond acceptors (Lipinski definition) is 5. The van der Waals surface area contributed by atoms with E-state index < -0.39 is 9.84 Å². The molecule has 2 aromatic rings. The molecule has 4 rings (SSSR count). The third-order valence-electron chi connectivity index (χ3n) is 5.09. The van der Waals surface area contributed by atoms with Crippen LogP contribution in [0.5, 0.6) is 0 Å². The summed E-state index contributed by atoms with van der Waals surface area (Å²) in [6.07, 6.45) is 0. The zero-order chi connectivity index (χ0) is 20.1. The summed E-state index contributed by atoms with van der Waals surface area (Å²) >= 11 is 4.73. The van der Waals surface area contributed by atoms with Crippen molar-refractivity contribution in [1.82, 2.24) is 0 Å². The first-order valence-corrected chi connectivity index (χ1v) is 12.5. The fraction of sp³-hybridized carbons (Fsp3) is 0.350. The second-order valence-corrected chi connectivity index (χ2v) is 11.3. The van der Waals surface area contributed by atoms with E-state index in [2.05, 4.69) is 22.0 Å². The Labute approximate surface area is 177 Å². The first-order valence-electron chi connectivity index (χ1n) is 8.95. The second kappa shape index (κ2) is 7.46. The van der Waals surface area contributed by atoms with Crippen molar-refractivity contribution >= 4 is 48.4 Å². The number of aliphatic imine (C=N–C) groups is 1.